The van der Waals surface area contributed by atoms with Gasteiger partial charge in [0.2, 0.25) is 0 Å². The summed E-state index contributed by atoms with van der Waals surface area (Å²) in [4.78, 5) is 11.4. The predicted octanol–water partition coefficient (Wildman–Crippen LogP) is 2.33. The first-order valence-electron chi connectivity index (χ1n) is 4.78. The van der Waals surface area contributed by atoms with Crippen LogP contribution in [0.2, 0.25) is 10.0 Å². The van der Waals surface area contributed by atoms with Gasteiger partial charge in [-0.15, -0.1) is 0 Å². The normalized spacial score (nSPS) is 9.94. The van der Waals surface area contributed by atoms with E-state index < -0.39 is 0 Å². The van der Waals surface area contributed by atoms with Crippen LogP contribution < -0.4 is 16.0 Å². The highest BCUT2D eigenvalue weighted by Gasteiger charge is 2.05. The van der Waals surface area contributed by atoms with Crippen molar-refractivity contribution in [3.63, 3.8) is 0 Å². The number of rotatable bonds is 4. The van der Waals surface area contributed by atoms with E-state index in [1.165, 1.54) is 0 Å². The van der Waals surface area contributed by atoms with Crippen LogP contribution in [0.4, 0.5) is 10.5 Å². The van der Waals surface area contributed by atoms with Crippen LogP contribution in [0.5, 0.6) is 0 Å². The van der Waals surface area contributed by atoms with Gasteiger partial charge in [0.15, 0.2) is 0 Å². The minimum absolute atomic E-state index is 0.306. The Kier molecular flexibility index (Phi) is 5.38. The van der Waals surface area contributed by atoms with E-state index in [4.69, 9.17) is 23.2 Å². The number of halogens is 2. The van der Waals surface area contributed by atoms with E-state index in [9.17, 15) is 4.79 Å². The Labute approximate surface area is 104 Å². The smallest absolute Gasteiger partial charge is 0.319 e. The van der Waals surface area contributed by atoms with E-state index in [1.807, 2.05) is 7.05 Å². The quantitative estimate of drug-likeness (QED) is 0.729. The lowest BCUT2D eigenvalue weighted by molar-refractivity contribution is 0.252. The van der Waals surface area contributed by atoms with Gasteiger partial charge in [-0.25, -0.2) is 4.79 Å². The Hall–Kier alpha value is -0.970. The molecule has 1 aromatic carbocycles. The molecule has 0 aliphatic carbocycles. The summed E-state index contributed by atoms with van der Waals surface area (Å²) >= 11 is 11.7. The SMILES string of the molecule is CNCCNC(=O)Nc1cc(Cl)ccc1Cl. The summed E-state index contributed by atoms with van der Waals surface area (Å²) in [6, 6.07) is 4.59. The standard InChI is InChI=1S/C10H13Cl2N3O/c1-13-4-5-14-10(16)15-9-6-7(11)2-3-8(9)12/h2-3,6,13H,4-5H2,1H3,(H2,14,15,16). The van der Waals surface area contributed by atoms with Gasteiger partial charge in [0.25, 0.3) is 0 Å². The van der Waals surface area contributed by atoms with Crippen molar-refractivity contribution in [1.29, 1.82) is 0 Å². The summed E-state index contributed by atoms with van der Waals surface area (Å²) in [6.07, 6.45) is 0. The number of urea groups is 1. The maximum Gasteiger partial charge on any atom is 0.319 e. The Morgan fingerprint density at radius 1 is 1.31 bits per heavy atom. The van der Waals surface area contributed by atoms with Gasteiger partial charge in [-0.05, 0) is 25.2 Å². The van der Waals surface area contributed by atoms with Gasteiger partial charge in [0.05, 0.1) is 10.7 Å². The molecule has 0 fully saturated rings. The number of hydrogen-bond donors (Lipinski definition) is 3. The first-order valence-corrected chi connectivity index (χ1v) is 5.53. The van der Waals surface area contributed by atoms with Crippen LogP contribution in [-0.2, 0) is 0 Å². The molecule has 0 aliphatic rings. The molecule has 1 rings (SSSR count). The Bertz CT molecular complexity index is 371. The summed E-state index contributed by atoms with van der Waals surface area (Å²) in [5, 5.41) is 9.17. The average molecular weight is 262 g/mol. The molecule has 88 valence electrons. The third-order valence-corrected chi connectivity index (χ3v) is 2.40. The first-order chi connectivity index (χ1) is 7.63. The van der Waals surface area contributed by atoms with Gasteiger partial charge >= 0.3 is 6.03 Å². The molecule has 3 N–H and O–H groups in total. The third kappa shape index (κ3) is 4.26. The Morgan fingerprint density at radius 2 is 2.06 bits per heavy atom. The van der Waals surface area contributed by atoms with E-state index >= 15 is 0 Å². The molecule has 2 amide bonds. The molecular formula is C10H13Cl2N3O. The molecular weight excluding hydrogens is 249 g/mol. The second kappa shape index (κ2) is 6.58. The van der Waals surface area contributed by atoms with Gasteiger partial charge < -0.3 is 16.0 Å². The number of benzene rings is 1. The molecule has 1 aromatic rings. The second-order valence-corrected chi connectivity index (χ2v) is 3.95. The van der Waals surface area contributed by atoms with Crippen molar-refractivity contribution in [3.8, 4) is 0 Å². The van der Waals surface area contributed by atoms with Crippen molar-refractivity contribution < 1.29 is 4.79 Å². The zero-order chi connectivity index (χ0) is 12.0. The lowest BCUT2D eigenvalue weighted by Crippen LogP contribution is -2.33. The molecule has 0 spiro atoms. The largest absolute Gasteiger partial charge is 0.337 e. The van der Waals surface area contributed by atoms with Gasteiger partial charge in [-0.2, -0.15) is 0 Å². The van der Waals surface area contributed by atoms with E-state index in [0.717, 1.165) is 0 Å². The molecule has 0 bridgehead atoms. The topological polar surface area (TPSA) is 53.2 Å². The van der Waals surface area contributed by atoms with E-state index in [1.54, 1.807) is 18.2 Å². The van der Waals surface area contributed by atoms with Crippen LogP contribution in [-0.4, -0.2) is 26.2 Å². The maximum absolute atomic E-state index is 11.4. The highest BCUT2D eigenvalue weighted by atomic mass is 35.5. The fourth-order valence-electron chi connectivity index (χ4n) is 1.06. The van der Waals surface area contributed by atoms with Gasteiger partial charge in [0, 0.05) is 18.1 Å². The third-order valence-electron chi connectivity index (χ3n) is 1.84. The second-order valence-electron chi connectivity index (χ2n) is 3.11. The van der Waals surface area contributed by atoms with E-state index in [-0.39, 0.29) is 6.03 Å². The Balaban J connectivity index is 2.52. The van der Waals surface area contributed by atoms with Crippen molar-refractivity contribution in [2.24, 2.45) is 0 Å². The van der Waals surface area contributed by atoms with Crippen molar-refractivity contribution in [2.75, 3.05) is 25.5 Å². The summed E-state index contributed by atoms with van der Waals surface area (Å²) in [6.45, 7) is 1.25. The summed E-state index contributed by atoms with van der Waals surface area (Å²) in [7, 11) is 1.81. The molecule has 0 aliphatic heterocycles. The lowest BCUT2D eigenvalue weighted by atomic mass is 10.3. The summed E-state index contributed by atoms with van der Waals surface area (Å²) < 4.78 is 0. The molecule has 0 aromatic heterocycles. The summed E-state index contributed by atoms with van der Waals surface area (Å²) in [5.74, 6) is 0. The van der Waals surface area contributed by atoms with Crippen LogP contribution in [0.3, 0.4) is 0 Å². The summed E-state index contributed by atoms with van der Waals surface area (Å²) in [5.41, 5.74) is 0.496. The lowest BCUT2D eigenvalue weighted by Gasteiger charge is -2.09. The number of anilines is 1. The minimum Gasteiger partial charge on any atom is -0.337 e. The van der Waals surface area contributed by atoms with Crippen LogP contribution in [0.25, 0.3) is 0 Å². The first kappa shape index (κ1) is 13.1. The van der Waals surface area contributed by atoms with Gasteiger partial charge in [-0.3, -0.25) is 0 Å². The molecule has 0 atom stereocenters. The highest BCUT2D eigenvalue weighted by molar-refractivity contribution is 6.35. The van der Waals surface area contributed by atoms with E-state index in [0.29, 0.717) is 28.8 Å². The van der Waals surface area contributed by atoms with Crippen molar-refractivity contribution in [2.45, 2.75) is 0 Å². The van der Waals surface area contributed by atoms with Gasteiger partial charge in [-0.1, -0.05) is 23.2 Å². The number of carbonyl (C=O) groups excluding carboxylic acids is 1. The fourth-order valence-corrected chi connectivity index (χ4v) is 1.40. The van der Waals surface area contributed by atoms with Crippen LogP contribution in [0.1, 0.15) is 0 Å². The fraction of sp³-hybridized carbons (Fsp3) is 0.300. The molecule has 0 unspecified atom stereocenters. The zero-order valence-corrected chi connectivity index (χ0v) is 10.3. The molecule has 4 nitrogen and oxygen atoms in total. The van der Waals surface area contributed by atoms with Gasteiger partial charge in [0.1, 0.15) is 0 Å². The maximum atomic E-state index is 11.4. The van der Waals surface area contributed by atoms with Crippen LogP contribution >= 0.6 is 23.2 Å². The average Bonchev–Trinajstić information content (AvgIpc) is 2.24. The monoisotopic (exact) mass is 261 g/mol. The number of amides is 2. The van der Waals surface area contributed by atoms with Crippen LogP contribution in [0, 0.1) is 0 Å². The van der Waals surface area contributed by atoms with Crippen LogP contribution in [0.15, 0.2) is 18.2 Å². The minimum atomic E-state index is -0.306. The van der Waals surface area contributed by atoms with Crippen molar-refractivity contribution >= 4 is 34.9 Å². The zero-order valence-electron chi connectivity index (χ0n) is 8.81. The highest BCUT2D eigenvalue weighted by Crippen LogP contribution is 2.25. The molecule has 0 saturated heterocycles. The molecule has 6 heteroatoms. The number of nitrogens with one attached hydrogen (secondary N) is 3. The van der Waals surface area contributed by atoms with E-state index in [2.05, 4.69) is 16.0 Å². The van der Waals surface area contributed by atoms with Crippen molar-refractivity contribution in [3.05, 3.63) is 28.2 Å². The molecule has 16 heavy (non-hydrogen) atoms. The molecule has 0 radical (unpaired) electrons. The number of hydrogen-bond acceptors (Lipinski definition) is 2. The molecule has 0 saturated carbocycles. The number of carbonyl (C=O) groups is 1. The number of likely N-dealkylation sites (N-methyl/N-ethyl adjacent to an activating group) is 1. The Morgan fingerprint density at radius 3 is 2.75 bits per heavy atom. The van der Waals surface area contributed by atoms with Crippen molar-refractivity contribution in [1.82, 2.24) is 10.6 Å². The predicted molar refractivity (Wildman–Crippen MR) is 67.4 cm³/mol. The molecule has 0 heterocycles.